The molecule has 1 aromatic rings. The third-order valence-electron chi connectivity index (χ3n) is 3.57. The molecule has 2 N–H and O–H groups in total. The third-order valence-corrected chi connectivity index (χ3v) is 3.57. The molecular formula is C16H27NO3. The van der Waals surface area contributed by atoms with Gasteiger partial charge in [-0.1, -0.05) is 26.7 Å². The minimum atomic E-state index is -0.0636. The van der Waals surface area contributed by atoms with Gasteiger partial charge in [-0.2, -0.15) is 0 Å². The van der Waals surface area contributed by atoms with E-state index in [9.17, 15) is 0 Å². The Hall–Kier alpha value is -1.42. The summed E-state index contributed by atoms with van der Waals surface area (Å²) in [5.41, 5.74) is 7.31. The van der Waals surface area contributed by atoms with Crippen LogP contribution in [0.4, 0.5) is 0 Å². The third kappa shape index (κ3) is 3.79. The molecule has 2 atom stereocenters. The molecule has 0 spiro atoms. The summed E-state index contributed by atoms with van der Waals surface area (Å²) < 4.78 is 16.2. The SMILES string of the molecule is CCCC(C)CC(N)c1ccc(OC)c(OC)c1OC. The van der Waals surface area contributed by atoms with Crippen molar-refractivity contribution in [1.82, 2.24) is 0 Å². The Labute approximate surface area is 122 Å². The van der Waals surface area contributed by atoms with Crippen molar-refractivity contribution in [3.05, 3.63) is 17.7 Å². The van der Waals surface area contributed by atoms with E-state index in [0.29, 0.717) is 23.2 Å². The van der Waals surface area contributed by atoms with E-state index in [1.54, 1.807) is 21.3 Å². The van der Waals surface area contributed by atoms with Crippen LogP contribution >= 0.6 is 0 Å². The fourth-order valence-electron chi connectivity index (χ4n) is 2.59. The smallest absolute Gasteiger partial charge is 0.203 e. The number of benzene rings is 1. The van der Waals surface area contributed by atoms with Crippen LogP contribution in [0.1, 0.15) is 44.7 Å². The molecule has 20 heavy (non-hydrogen) atoms. The first-order valence-electron chi connectivity index (χ1n) is 7.13. The molecule has 0 aliphatic heterocycles. The molecule has 0 aliphatic rings. The lowest BCUT2D eigenvalue weighted by Crippen LogP contribution is -2.15. The van der Waals surface area contributed by atoms with Crippen molar-refractivity contribution in [2.24, 2.45) is 11.7 Å². The molecule has 0 saturated heterocycles. The second-order valence-corrected chi connectivity index (χ2v) is 5.16. The van der Waals surface area contributed by atoms with E-state index in [0.717, 1.165) is 12.0 Å². The van der Waals surface area contributed by atoms with Gasteiger partial charge in [-0.15, -0.1) is 0 Å². The molecule has 1 rings (SSSR count). The molecule has 4 nitrogen and oxygen atoms in total. The van der Waals surface area contributed by atoms with Crippen molar-refractivity contribution in [1.29, 1.82) is 0 Å². The topological polar surface area (TPSA) is 53.7 Å². The molecule has 0 aliphatic carbocycles. The molecule has 4 heteroatoms. The summed E-state index contributed by atoms with van der Waals surface area (Å²) in [4.78, 5) is 0. The zero-order valence-corrected chi connectivity index (χ0v) is 13.2. The average molecular weight is 281 g/mol. The van der Waals surface area contributed by atoms with Gasteiger partial charge in [-0.3, -0.25) is 0 Å². The second-order valence-electron chi connectivity index (χ2n) is 5.16. The molecule has 0 fully saturated rings. The minimum absolute atomic E-state index is 0.0636. The summed E-state index contributed by atoms with van der Waals surface area (Å²) in [6, 6.07) is 3.77. The van der Waals surface area contributed by atoms with Crippen molar-refractivity contribution in [2.45, 2.75) is 39.2 Å². The van der Waals surface area contributed by atoms with Crippen molar-refractivity contribution in [3.8, 4) is 17.2 Å². The summed E-state index contributed by atoms with van der Waals surface area (Å²) in [6.07, 6.45) is 3.29. The predicted octanol–water partition coefficient (Wildman–Crippen LogP) is 3.54. The highest BCUT2D eigenvalue weighted by Crippen LogP contribution is 2.42. The monoisotopic (exact) mass is 281 g/mol. The molecule has 0 heterocycles. The van der Waals surface area contributed by atoms with Crippen LogP contribution in [0.2, 0.25) is 0 Å². The van der Waals surface area contributed by atoms with E-state index < -0.39 is 0 Å². The van der Waals surface area contributed by atoms with Gasteiger partial charge in [-0.05, 0) is 24.5 Å². The van der Waals surface area contributed by atoms with Gasteiger partial charge < -0.3 is 19.9 Å². The van der Waals surface area contributed by atoms with Gasteiger partial charge >= 0.3 is 0 Å². The Morgan fingerprint density at radius 1 is 1.05 bits per heavy atom. The zero-order chi connectivity index (χ0) is 15.1. The van der Waals surface area contributed by atoms with Crippen LogP contribution in [-0.4, -0.2) is 21.3 Å². The number of nitrogens with two attached hydrogens (primary N) is 1. The van der Waals surface area contributed by atoms with Gasteiger partial charge in [-0.25, -0.2) is 0 Å². The van der Waals surface area contributed by atoms with Crippen LogP contribution in [0, 0.1) is 5.92 Å². The van der Waals surface area contributed by atoms with Crippen LogP contribution in [0.15, 0.2) is 12.1 Å². The quantitative estimate of drug-likeness (QED) is 0.792. The first kappa shape index (κ1) is 16.6. The van der Waals surface area contributed by atoms with Crippen molar-refractivity contribution in [3.63, 3.8) is 0 Å². The van der Waals surface area contributed by atoms with Gasteiger partial charge in [0.1, 0.15) is 0 Å². The Morgan fingerprint density at radius 2 is 1.70 bits per heavy atom. The minimum Gasteiger partial charge on any atom is -0.493 e. The number of methoxy groups -OCH3 is 3. The van der Waals surface area contributed by atoms with Gasteiger partial charge in [0.2, 0.25) is 5.75 Å². The predicted molar refractivity (Wildman–Crippen MR) is 81.7 cm³/mol. The molecule has 0 aromatic heterocycles. The number of hydrogen-bond acceptors (Lipinski definition) is 4. The second kappa shape index (κ2) is 8.00. The maximum atomic E-state index is 6.34. The number of rotatable bonds is 8. The fraction of sp³-hybridized carbons (Fsp3) is 0.625. The van der Waals surface area contributed by atoms with E-state index in [-0.39, 0.29) is 6.04 Å². The molecular weight excluding hydrogens is 254 g/mol. The zero-order valence-electron chi connectivity index (χ0n) is 13.2. The van der Waals surface area contributed by atoms with Gasteiger partial charge in [0.05, 0.1) is 21.3 Å². The maximum absolute atomic E-state index is 6.34. The number of ether oxygens (including phenoxy) is 3. The molecule has 1 aromatic carbocycles. The Morgan fingerprint density at radius 3 is 2.20 bits per heavy atom. The summed E-state index contributed by atoms with van der Waals surface area (Å²) in [5, 5.41) is 0. The standard InChI is InChI=1S/C16H27NO3/c1-6-7-11(2)10-13(17)12-8-9-14(18-3)16(20-5)15(12)19-4/h8-9,11,13H,6-7,10,17H2,1-5H3. The van der Waals surface area contributed by atoms with E-state index in [4.69, 9.17) is 19.9 Å². The van der Waals surface area contributed by atoms with Crippen LogP contribution in [0.25, 0.3) is 0 Å². The normalized spacial score (nSPS) is 13.7. The highest BCUT2D eigenvalue weighted by molar-refractivity contribution is 5.56. The van der Waals surface area contributed by atoms with E-state index >= 15 is 0 Å². The van der Waals surface area contributed by atoms with Crippen LogP contribution in [0.3, 0.4) is 0 Å². The Bertz CT molecular complexity index is 420. The van der Waals surface area contributed by atoms with Crippen molar-refractivity contribution in [2.75, 3.05) is 21.3 Å². The lowest BCUT2D eigenvalue weighted by molar-refractivity contribution is 0.318. The van der Waals surface area contributed by atoms with E-state index in [1.165, 1.54) is 12.8 Å². The highest BCUT2D eigenvalue weighted by Gasteiger charge is 2.21. The Kier molecular flexibility index (Phi) is 6.65. The lowest BCUT2D eigenvalue weighted by Gasteiger charge is -2.21. The first-order chi connectivity index (χ1) is 9.58. The molecule has 0 amide bonds. The molecule has 0 radical (unpaired) electrons. The summed E-state index contributed by atoms with van der Waals surface area (Å²) in [6.45, 7) is 4.43. The summed E-state index contributed by atoms with van der Waals surface area (Å²) >= 11 is 0. The Balaban J connectivity index is 3.05. The average Bonchev–Trinajstić information content (AvgIpc) is 2.45. The van der Waals surface area contributed by atoms with Crippen LogP contribution < -0.4 is 19.9 Å². The molecule has 0 bridgehead atoms. The van der Waals surface area contributed by atoms with Gasteiger partial charge in [0.25, 0.3) is 0 Å². The summed E-state index contributed by atoms with van der Waals surface area (Å²) in [7, 11) is 4.85. The lowest BCUT2D eigenvalue weighted by atomic mass is 9.93. The van der Waals surface area contributed by atoms with Crippen molar-refractivity contribution >= 4 is 0 Å². The molecule has 114 valence electrons. The molecule has 0 saturated carbocycles. The van der Waals surface area contributed by atoms with Gasteiger partial charge in [0.15, 0.2) is 11.5 Å². The van der Waals surface area contributed by atoms with Crippen LogP contribution in [0.5, 0.6) is 17.2 Å². The maximum Gasteiger partial charge on any atom is 0.203 e. The molecule has 2 unspecified atom stereocenters. The van der Waals surface area contributed by atoms with E-state index in [2.05, 4.69) is 13.8 Å². The highest BCUT2D eigenvalue weighted by atomic mass is 16.5. The van der Waals surface area contributed by atoms with E-state index in [1.807, 2.05) is 12.1 Å². The van der Waals surface area contributed by atoms with Gasteiger partial charge in [0, 0.05) is 11.6 Å². The fourth-order valence-corrected chi connectivity index (χ4v) is 2.59. The largest absolute Gasteiger partial charge is 0.493 e. The van der Waals surface area contributed by atoms with Crippen molar-refractivity contribution < 1.29 is 14.2 Å². The van der Waals surface area contributed by atoms with Crippen LogP contribution in [-0.2, 0) is 0 Å². The first-order valence-corrected chi connectivity index (χ1v) is 7.13. The number of hydrogen-bond donors (Lipinski definition) is 1. The summed E-state index contributed by atoms with van der Waals surface area (Å²) in [5.74, 6) is 2.52.